The SMILES string of the molecule is CN=C(NCCCOC(C)C)N(C)CCC1CCOCC1.I. The Balaban J connectivity index is 0.00000441. The maximum absolute atomic E-state index is 5.54. The molecule has 1 fully saturated rings. The van der Waals surface area contributed by atoms with Crippen LogP contribution in [-0.4, -0.2) is 64.0 Å². The van der Waals surface area contributed by atoms with E-state index in [0.29, 0.717) is 6.10 Å². The molecule has 6 heteroatoms. The van der Waals surface area contributed by atoms with Crippen molar-refractivity contribution in [1.29, 1.82) is 0 Å². The molecule has 0 unspecified atom stereocenters. The summed E-state index contributed by atoms with van der Waals surface area (Å²) in [7, 11) is 3.96. The third-order valence-electron chi connectivity index (χ3n) is 3.84. The van der Waals surface area contributed by atoms with E-state index in [0.717, 1.165) is 51.2 Å². The predicted molar refractivity (Wildman–Crippen MR) is 103 cm³/mol. The average molecular weight is 427 g/mol. The Morgan fingerprint density at radius 2 is 2.05 bits per heavy atom. The molecule has 22 heavy (non-hydrogen) atoms. The van der Waals surface area contributed by atoms with Crippen molar-refractivity contribution in [3.05, 3.63) is 0 Å². The van der Waals surface area contributed by atoms with Gasteiger partial charge in [0.25, 0.3) is 0 Å². The summed E-state index contributed by atoms with van der Waals surface area (Å²) in [5.41, 5.74) is 0. The first-order valence-corrected chi connectivity index (χ1v) is 8.24. The summed E-state index contributed by atoms with van der Waals surface area (Å²) in [5.74, 6) is 1.78. The van der Waals surface area contributed by atoms with Crippen molar-refractivity contribution in [3.63, 3.8) is 0 Å². The van der Waals surface area contributed by atoms with Gasteiger partial charge in [-0.2, -0.15) is 0 Å². The van der Waals surface area contributed by atoms with Gasteiger partial charge in [-0.1, -0.05) is 0 Å². The van der Waals surface area contributed by atoms with Crippen molar-refractivity contribution in [1.82, 2.24) is 10.2 Å². The minimum atomic E-state index is 0. The molecule has 1 aliphatic rings. The van der Waals surface area contributed by atoms with E-state index >= 15 is 0 Å². The summed E-state index contributed by atoms with van der Waals surface area (Å²) in [5, 5.41) is 3.40. The van der Waals surface area contributed by atoms with Crippen LogP contribution in [0.5, 0.6) is 0 Å². The number of aliphatic imine (C=N–C) groups is 1. The zero-order valence-corrected chi connectivity index (χ0v) is 17.0. The van der Waals surface area contributed by atoms with E-state index in [9.17, 15) is 0 Å². The lowest BCUT2D eigenvalue weighted by Gasteiger charge is -2.26. The lowest BCUT2D eigenvalue weighted by molar-refractivity contribution is 0.0625. The lowest BCUT2D eigenvalue weighted by Crippen LogP contribution is -2.40. The summed E-state index contributed by atoms with van der Waals surface area (Å²) in [6, 6.07) is 0. The van der Waals surface area contributed by atoms with Gasteiger partial charge in [-0.3, -0.25) is 4.99 Å². The molecule has 1 saturated heterocycles. The topological polar surface area (TPSA) is 46.1 Å². The number of ether oxygens (including phenoxy) is 2. The molecule has 0 atom stereocenters. The first kappa shape index (κ1) is 21.9. The Labute approximate surface area is 153 Å². The third kappa shape index (κ3) is 9.84. The molecule has 0 aromatic carbocycles. The van der Waals surface area contributed by atoms with E-state index in [1.807, 2.05) is 7.05 Å². The van der Waals surface area contributed by atoms with Crippen LogP contribution in [0, 0.1) is 5.92 Å². The van der Waals surface area contributed by atoms with Gasteiger partial charge >= 0.3 is 0 Å². The van der Waals surface area contributed by atoms with Gasteiger partial charge in [-0.05, 0) is 45.4 Å². The van der Waals surface area contributed by atoms with Crippen molar-refractivity contribution in [3.8, 4) is 0 Å². The molecular weight excluding hydrogens is 393 g/mol. The van der Waals surface area contributed by atoms with Crippen LogP contribution in [0.3, 0.4) is 0 Å². The van der Waals surface area contributed by atoms with Gasteiger partial charge in [0.1, 0.15) is 0 Å². The number of nitrogens with zero attached hydrogens (tertiary/aromatic N) is 2. The van der Waals surface area contributed by atoms with Crippen molar-refractivity contribution in [2.45, 2.75) is 45.6 Å². The molecule has 0 spiro atoms. The highest BCUT2D eigenvalue weighted by atomic mass is 127. The fraction of sp³-hybridized carbons (Fsp3) is 0.938. The minimum Gasteiger partial charge on any atom is -0.381 e. The van der Waals surface area contributed by atoms with Gasteiger partial charge in [0, 0.05) is 47.0 Å². The standard InChI is InChI=1S/C16H33N3O2.HI/c1-14(2)21-11-5-9-18-16(17-3)19(4)10-6-15-7-12-20-13-8-15;/h14-15H,5-13H2,1-4H3,(H,17,18);1H. The Morgan fingerprint density at radius 1 is 1.36 bits per heavy atom. The van der Waals surface area contributed by atoms with Crippen molar-refractivity contribution < 1.29 is 9.47 Å². The molecule has 5 nitrogen and oxygen atoms in total. The molecule has 0 bridgehead atoms. The maximum atomic E-state index is 5.54. The average Bonchev–Trinajstić information content (AvgIpc) is 2.49. The van der Waals surface area contributed by atoms with E-state index < -0.39 is 0 Å². The Morgan fingerprint density at radius 3 is 2.64 bits per heavy atom. The van der Waals surface area contributed by atoms with Gasteiger partial charge in [0.15, 0.2) is 5.96 Å². The molecule has 0 radical (unpaired) electrons. The second-order valence-electron chi connectivity index (χ2n) is 6.01. The number of hydrogen-bond acceptors (Lipinski definition) is 3. The maximum Gasteiger partial charge on any atom is 0.193 e. The van der Waals surface area contributed by atoms with Gasteiger partial charge in [0.2, 0.25) is 0 Å². The van der Waals surface area contributed by atoms with Crippen LogP contribution in [0.15, 0.2) is 4.99 Å². The van der Waals surface area contributed by atoms with E-state index in [1.54, 1.807) is 0 Å². The second-order valence-corrected chi connectivity index (χ2v) is 6.01. The summed E-state index contributed by atoms with van der Waals surface area (Å²) in [4.78, 5) is 6.57. The fourth-order valence-electron chi connectivity index (χ4n) is 2.49. The molecule has 1 heterocycles. The monoisotopic (exact) mass is 427 g/mol. The zero-order valence-electron chi connectivity index (χ0n) is 14.6. The van der Waals surface area contributed by atoms with Crippen LogP contribution in [-0.2, 0) is 9.47 Å². The zero-order chi connectivity index (χ0) is 15.5. The smallest absolute Gasteiger partial charge is 0.193 e. The summed E-state index contributed by atoms with van der Waals surface area (Å²) in [6.07, 6.45) is 4.94. The predicted octanol–water partition coefficient (Wildman–Crippen LogP) is 2.74. The van der Waals surface area contributed by atoms with Crippen molar-refractivity contribution in [2.75, 3.05) is 47.0 Å². The largest absolute Gasteiger partial charge is 0.381 e. The van der Waals surface area contributed by atoms with Crippen molar-refractivity contribution >= 4 is 29.9 Å². The molecule has 1 rings (SSSR count). The number of nitrogens with one attached hydrogen (secondary N) is 1. The van der Waals surface area contributed by atoms with Crippen molar-refractivity contribution in [2.24, 2.45) is 10.9 Å². The Bertz CT molecular complexity index is 295. The highest BCUT2D eigenvalue weighted by Crippen LogP contribution is 2.18. The third-order valence-corrected chi connectivity index (χ3v) is 3.84. The van der Waals surface area contributed by atoms with Crippen LogP contribution < -0.4 is 5.32 Å². The van der Waals surface area contributed by atoms with E-state index in [4.69, 9.17) is 9.47 Å². The molecule has 0 saturated carbocycles. The highest BCUT2D eigenvalue weighted by Gasteiger charge is 2.15. The summed E-state index contributed by atoms with van der Waals surface area (Å²) >= 11 is 0. The summed E-state index contributed by atoms with van der Waals surface area (Å²) < 4.78 is 10.9. The van der Waals surface area contributed by atoms with Crippen LogP contribution >= 0.6 is 24.0 Å². The molecular formula is C16H34IN3O2. The second kappa shape index (κ2) is 13.4. The lowest BCUT2D eigenvalue weighted by atomic mass is 9.96. The number of hydrogen-bond donors (Lipinski definition) is 1. The molecule has 0 amide bonds. The first-order valence-electron chi connectivity index (χ1n) is 8.24. The van der Waals surface area contributed by atoms with Gasteiger partial charge in [0.05, 0.1) is 6.10 Å². The molecule has 0 aromatic rings. The summed E-state index contributed by atoms with van der Waals surface area (Å²) in [6.45, 7) is 8.74. The highest BCUT2D eigenvalue weighted by molar-refractivity contribution is 14.0. The molecule has 1 N–H and O–H groups in total. The van der Waals surface area contributed by atoms with Crippen LogP contribution in [0.1, 0.15) is 39.5 Å². The minimum absolute atomic E-state index is 0. The van der Waals surface area contributed by atoms with E-state index in [2.05, 4.69) is 36.1 Å². The number of rotatable bonds is 8. The molecule has 0 aromatic heterocycles. The van der Waals surface area contributed by atoms with Gasteiger partial charge < -0.3 is 19.7 Å². The van der Waals surface area contributed by atoms with E-state index in [1.165, 1.54) is 19.3 Å². The van der Waals surface area contributed by atoms with Gasteiger partial charge in [-0.15, -0.1) is 24.0 Å². The Hall–Kier alpha value is -0.0800. The number of guanidine groups is 1. The molecule has 1 aliphatic heterocycles. The van der Waals surface area contributed by atoms with Crippen LogP contribution in [0.2, 0.25) is 0 Å². The quantitative estimate of drug-likeness (QED) is 0.280. The normalized spacial score (nSPS) is 16.5. The molecule has 132 valence electrons. The van der Waals surface area contributed by atoms with Crippen LogP contribution in [0.25, 0.3) is 0 Å². The van der Waals surface area contributed by atoms with Gasteiger partial charge in [-0.25, -0.2) is 0 Å². The molecule has 0 aliphatic carbocycles. The van der Waals surface area contributed by atoms with Crippen LogP contribution in [0.4, 0.5) is 0 Å². The number of halogens is 1. The Kier molecular flexibility index (Phi) is 13.3. The van der Waals surface area contributed by atoms with E-state index in [-0.39, 0.29) is 24.0 Å². The first-order chi connectivity index (χ1) is 10.1. The fourth-order valence-corrected chi connectivity index (χ4v) is 2.49.